The number of unbranched alkanes of at least 4 members (excludes halogenated alkanes) is 2. The number of alkyl halides is 3. The van der Waals surface area contributed by atoms with Gasteiger partial charge >= 0.3 is 6.08 Å². The fourth-order valence-corrected chi connectivity index (χ4v) is 1.37. The fourth-order valence-electron chi connectivity index (χ4n) is 1.37. The van der Waals surface area contributed by atoms with E-state index in [1.807, 2.05) is 13.8 Å². The van der Waals surface area contributed by atoms with Crippen molar-refractivity contribution in [1.82, 2.24) is 0 Å². The van der Waals surface area contributed by atoms with Crippen LogP contribution < -0.4 is 0 Å². The van der Waals surface area contributed by atoms with Crippen LogP contribution in [0, 0.1) is 0 Å². The minimum absolute atomic E-state index is 0.306. The molecule has 0 rings (SSSR count). The second kappa shape index (κ2) is 6.33. The van der Waals surface area contributed by atoms with E-state index < -0.39 is 12.8 Å². The van der Waals surface area contributed by atoms with Gasteiger partial charge in [-0.1, -0.05) is 52.2 Å². The van der Waals surface area contributed by atoms with Crippen LogP contribution in [0.4, 0.5) is 13.2 Å². The summed E-state index contributed by atoms with van der Waals surface area (Å²) in [6, 6.07) is 0. The van der Waals surface area contributed by atoms with Crippen LogP contribution in [0.2, 0.25) is 12.6 Å². The Morgan fingerprint density at radius 2 is 1.31 bits per heavy atom. The smallest absolute Gasteiger partial charge is 0.182 e. The molecule has 0 unspecified atom stereocenters. The molecular weight excluding hydrogens is 176 g/mol. The zero-order valence-electron chi connectivity index (χ0n) is 8.45. The molecule has 0 bridgehead atoms. The summed E-state index contributed by atoms with van der Waals surface area (Å²) in [5, 5.41) is 0. The Morgan fingerprint density at radius 3 is 1.54 bits per heavy atom. The van der Waals surface area contributed by atoms with Crippen LogP contribution in [0.15, 0.2) is 0 Å². The Bertz CT molecular complexity index is 115. The molecule has 0 atom stereocenters. The minimum Gasteiger partial charge on any atom is -0.182 e. The normalized spacial score (nSPS) is 11.8. The maximum absolute atomic E-state index is 12.4. The van der Waals surface area contributed by atoms with Gasteiger partial charge in [0, 0.05) is 0 Å². The molecule has 0 saturated carbocycles. The highest BCUT2D eigenvalue weighted by atomic mass is 19.4. The van der Waals surface area contributed by atoms with E-state index in [4.69, 9.17) is 0 Å². The molecule has 0 aliphatic rings. The molecule has 0 fully saturated rings. The van der Waals surface area contributed by atoms with Crippen molar-refractivity contribution < 1.29 is 13.2 Å². The Labute approximate surface area is 79.0 Å². The predicted octanol–water partition coefficient (Wildman–Crippen LogP) is 4.18. The topological polar surface area (TPSA) is 0 Å². The molecule has 0 saturated heterocycles. The van der Waals surface area contributed by atoms with Crippen LogP contribution in [-0.2, 0) is 0 Å². The van der Waals surface area contributed by atoms with E-state index in [0.29, 0.717) is 25.5 Å². The molecule has 4 heteroatoms. The molecular formula is C9H18BF3. The van der Waals surface area contributed by atoms with Gasteiger partial charge in [0.25, 0.3) is 6.71 Å². The Kier molecular flexibility index (Phi) is 6.26. The monoisotopic (exact) mass is 194 g/mol. The van der Waals surface area contributed by atoms with Gasteiger partial charge in [-0.2, -0.15) is 13.2 Å². The number of hydrogen-bond donors (Lipinski definition) is 0. The molecule has 0 aromatic rings. The summed E-state index contributed by atoms with van der Waals surface area (Å²) >= 11 is 0. The summed E-state index contributed by atoms with van der Waals surface area (Å²) in [7, 11) is 0. The van der Waals surface area contributed by atoms with E-state index in [1.54, 1.807) is 0 Å². The molecule has 0 aliphatic carbocycles. The predicted molar refractivity (Wildman–Crippen MR) is 51.2 cm³/mol. The second-order valence-corrected chi connectivity index (χ2v) is 3.52. The third kappa shape index (κ3) is 6.00. The average molecular weight is 194 g/mol. The molecule has 0 nitrogen and oxygen atoms in total. The van der Waals surface area contributed by atoms with Crippen LogP contribution in [0.5, 0.6) is 0 Å². The molecule has 0 heterocycles. The first-order valence-electron chi connectivity index (χ1n) is 5.09. The Morgan fingerprint density at radius 1 is 0.923 bits per heavy atom. The fraction of sp³-hybridized carbons (Fsp3) is 1.00. The SMILES string of the molecule is CCCCB(CCCC)C(F)(F)F. The zero-order valence-corrected chi connectivity index (χ0v) is 8.45. The average Bonchev–Trinajstić information content (AvgIpc) is 2.02. The van der Waals surface area contributed by atoms with Crippen molar-refractivity contribution in [2.24, 2.45) is 0 Å². The van der Waals surface area contributed by atoms with Crippen molar-refractivity contribution in [3.05, 3.63) is 0 Å². The molecule has 0 amide bonds. The maximum atomic E-state index is 12.4. The first-order chi connectivity index (χ1) is 6.02. The van der Waals surface area contributed by atoms with Crippen LogP contribution in [0.3, 0.4) is 0 Å². The maximum Gasteiger partial charge on any atom is 0.345 e. The van der Waals surface area contributed by atoms with Crippen LogP contribution >= 0.6 is 0 Å². The van der Waals surface area contributed by atoms with Crippen molar-refractivity contribution in [1.29, 1.82) is 0 Å². The Balaban J connectivity index is 3.88. The molecule has 0 aromatic heterocycles. The van der Waals surface area contributed by atoms with Crippen molar-refractivity contribution in [3.63, 3.8) is 0 Å². The van der Waals surface area contributed by atoms with Gasteiger partial charge in [-0.25, -0.2) is 0 Å². The van der Waals surface area contributed by atoms with E-state index in [-0.39, 0.29) is 0 Å². The first-order valence-corrected chi connectivity index (χ1v) is 5.09. The van der Waals surface area contributed by atoms with E-state index >= 15 is 0 Å². The number of halogens is 3. The number of rotatable bonds is 6. The molecule has 78 valence electrons. The largest absolute Gasteiger partial charge is 0.345 e. The van der Waals surface area contributed by atoms with Crippen molar-refractivity contribution in [3.8, 4) is 0 Å². The van der Waals surface area contributed by atoms with Gasteiger partial charge in [0.1, 0.15) is 0 Å². The summed E-state index contributed by atoms with van der Waals surface area (Å²) in [5.74, 6) is 0. The summed E-state index contributed by atoms with van der Waals surface area (Å²) in [5.41, 5.74) is 0. The Hall–Kier alpha value is -0.145. The summed E-state index contributed by atoms with van der Waals surface area (Å²) in [6.07, 6.45) is -0.302. The van der Waals surface area contributed by atoms with Gasteiger partial charge in [0.2, 0.25) is 0 Å². The van der Waals surface area contributed by atoms with Gasteiger partial charge < -0.3 is 0 Å². The lowest BCUT2D eigenvalue weighted by Gasteiger charge is -2.16. The van der Waals surface area contributed by atoms with Crippen LogP contribution in [-0.4, -0.2) is 12.8 Å². The summed E-state index contributed by atoms with van der Waals surface area (Å²) in [4.78, 5) is 0. The quantitative estimate of drug-likeness (QED) is 0.556. The van der Waals surface area contributed by atoms with E-state index in [9.17, 15) is 13.2 Å². The zero-order chi connectivity index (χ0) is 10.3. The standard InChI is InChI=1S/C9H18BF3/c1-3-5-7-10(8-6-4-2)9(11,12)13/h3-8H2,1-2H3. The minimum atomic E-state index is -3.98. The lowest BCUT2D eigenvalue weighted by Crippen LogP contribution is -2.33. The highest BCUT2D eigenvalue weighted by molar-refractivity contribution is 6.60. The van der Waals surface area contributed by atoms with Gasteiger partial charge in [-0.3, -0.25) is 0 Å². The molecule has 0 N–H and O–H groups in total. The molecule has 0 aromatic carbocycles. The third-order valence-corrected chi connectivity index (χ3v) is 2.28. The number of hydrogen-bond acceptors (Lipinski definition) is 0. The highest BCUT2D eigenvalue weighted by Crippen LogP contribution is 2.27. The van der Waals surface area contributed by atoms with Gasteiger partial charge in [-0.15, -0.1) is 0 Å². The van der Waals surface area contributed by atoms with Crippen molar-refractivity contribution >= 4 is 6.71 Å². The summed E-state index contributed by atoms with van der Waals surface area (Å²) in [6.45, 7) is 2.79. The lowest BCUT2D eigenvalue weighted by molar-refractivity contribution is -0.0523. The van der Waals surface area contributed by atoms with E-state index in [2.05, 4.69) is 0 Å². The summed E-state index contributed by atoms with van der Waals surface area (Å²) < 4.78 is 37.1. The van der Waals surface area contributed by atoms with Gasteiger partial charge in [0.05, 0.1) is 0 Å². The van der Waals surface area contributed by atoms with E-state index in [0.717, 1.165) is 12.8 Å². The molecule has 0 aliphatic heterocycles. The van der Waals surface area contributed by atoms with Crippen LogP contribution in [0.1, 0.15) is 39.5 Å². The molecule has 13 heavy (non-hydrogen) atoms. The van der Waals surface area contributed by atoms with E-state index in [1.165, 1.54) is 0 Å². The molecule has 0 radical (unpaired) electrons. The lowest BCUT2D eigenvalue weighted by atomic mass is 9.43. The first kappa shape index (κ1) is 12.9. The third-order valence-electron chi connectivity index (χ3n) is 2.28. The second-order valence-electron chi connectivity index (χ2n) is 3.52. The van der Waals surface area contributed by atoms with Crippen molar-refractivity contribution in [2.45, 2.75) is 58.2 Å². The van der Waals surface area contributed by atoms with Gasteiger partial charge in [-0.05, 0) is 0 Å². The van der Waals surface area contributed by atoms with Crippen LogP contribution in [0.25, 0.3) is 0 Å². The molecule has 0 spiro atoms. The van der Waals surface area contributed by atoms with Gasteiger partial charge in [0.15, 0.2) is 0 Å². The highest BCUT2D eigenvalue weighted by Gasteiger charge is 2.41. The van der Waals surface area contributed by atoms with Crippen molar-refractivity contribution in [2.75, 3.05) is 0 Å².